The summed E-state index contributed by atoms with van der Waals surface area (Å²) in [6, 6.07) is 23.4. The second-order valence-electron chi connectivity index (χ2n) is 8.91. The first kappa shape index (κ1) is 22.5. The number of carbonyl (C=O) groups is 1. The van der Waals surface area contributed by atoms with E-state index < -0.39 is 15.8 Å². The Kier molecular flexibility index (Phi) is 6.04. The molecule has 7 heteroatoms. The quantitative estimate of drug-likeness (QED) is 0.451. The van der Waals surface area contributed by atoms with Gasteiger partial charge in [0.2, 0.25) is 0 Å². The van der Waals surface area contributed by atoms with Gasteiger partial charge < -0.3 is 8.92 Å². The molecule has 0 saturated heterocycles. The Morgan fingerprint density at radius 3 is 2.18 bits per heavy atom. The summed E-state index contributed by atoms with van der Waals surface area (Å²) in [7, 11) is -3.86. The van der Waals surface area contributed by atoms with Gasteiger partial charge in [-0.3, -0.25) is 9.69 Å². The van der Waals surface area contributed by atoms with Crippen molar-refractivity contribution in [3.63, 3.8) is 0 Å². The van der Waals surface area contributed by atoms with Crippen molar-refractivity contribution >= 4 is 16.0 Å². The van der Waals surface area contributed by atoms with Crippen LogP contribution in [-0.2, 0) is 22.4 Å². The van der Waals surface area contributed by atoms with Gasteiger partial charge in [-0.15, -0.1) is 0 Å². The molecule has 0 N–H and O–H groups in total. The molecule has 3 aromatic rings. The highest BCUT2D eigenvalue weighted by Gasteiger charge is 2.47. The molecule has 2 aliphatic rings. The molecule has 3 aromatic carbocycles. The van der Waals surface area contributed by atoms with Gasteiger partial charge in [0.1, 0.15) is 17.3 Å². The summed E-state index contributed by atoms with van der Waals surface area (Å²) < 4.78 is 37.1. The molecule has 1 aliphatic heterocycles. The fourth-order valence-corrected chi connectivity index (χ4v) is 5.87. The molecule has 1 amide bonds. The summed E-state index contributed by atoms with van der Waals surface area (Å²) in [5.74, 6) is 0.179. The Labute approximate surface area is 200 Å². The monoisotopic (exact) mass is 477 g/mol. The molecule has 0 aromatic heterocycles. The van der Waals surface area contributed by atoms with E-state index in [-0.39, 0.29) is 17.4 Å². The molecule has 1 spiro atoms. The van der Waals surface area contributed by atoms with Crippen molar-refractivity contribution in [2.45, 2.75) is 50.1 Å². The van der Waals surface area contributed by atoms with Crippen molar-refractivity contribution in [2.75, 3.05) is 0 Å². The average Bonchev–Trinajstić information content (AvgIpc) is 2.83. The zero-order valence-corrected chi connectivity index (χ0v) is 19.7. The molecule has 34 heavy (non-hydrogen) atoms. The number of benzene rings is 3. The number of hydrogen-bond donors (Lipinski definition) is 0. The van der Waals surface area contributed by atoms with Crippen LogP contribution in [0.5, 0.6) is 11.5 Å². The average molecular weight is 478 g/mol. The lowest BCUT2D eigenvalue weighted by molar-refractivity contribution is -0.103. The molecule has 0 unspecified atom stereocenters. The molecule has 1 saturated carbocycles. The van der Waals surface area contributed by atoms with Crippen molar-refractivity contribution in [3.05, 3.63) is 95.6 Å². The molecule has 6 nitrogen and oxygen atoms in total. The summed E-state index contributed by atoms with van der Waals surface area (Å²) in [4.78, 5) is 15.5. The number of amides is 1. The van der Waals surface area contributed by atoms with E-state index in [9.17, 15) is 13.2 Å². The van der Waals surface area contributed by atoms with Crippen LogP contribution in [-0.4, -0.2) is 24.9 Å². The molecular formula is C27H27NO5S. The first-order valence-electron chi connectivity index (χ1n) is 11.6. The number of nitrogens with zero attached hydrogens (tertiary/aromatic N) is 1. The summed E-state index contributed by atoms with van der Waals surface area (Å²) >= 11 is 0. The van der Waals surface area contributed by atoms with E-state index in [1.54, 1.807) is 30.3 Å². The Bertz CT molecular complexity index is 1270. The lowest BCUT2D eigenvalue weighted by Gasteiger charge is -2.49. The van der Waals surface area contributed by atoms with E-state index in [0.717, 1.165) is 37.7 Å². The van der Waals surface area contributed by atoms with Crippen LogP contribution in [0.25, 0.3) is 0 Å². The van der Waals surface area contributed by atoms with Gasteiger partial charge in [0.25, 0.3) is 5.91 Å². The first-order valence-corrected chi connectivity index (χ1v) is 13.2. The summed E-state index contributed by atoms with van der Waals surface area (Å²) in [6.45, 7) is 0.461. The van der Waals surface area contributed by atoms with Crippen molar-refractivity contribution in [1.82, 2.24) is 4.90 Å². The maximum Gasteiger partial charge on any atom is 0.313 e. The van der Waals surface area contributed by atoms with Crippen molar-refractivity contribution in [1.29, 1.82) is 0 Å². The summed E-state index contributed by atoms with van der Waals surface area (Å²) in [6.07, 6.45) is 4.52. The third-order valence-electron chi connectivity index (χ3n) is 6.45. The Morgan fingerprint density at radius 1 is 0.853 bits per heavy atom. The van der Waals surface area contributed by atoms with E-state index in [4.69, 9.17) is 8.92 Å². The van der Waals surface area contributed by atoms with Crippen molar-refractivity contribution in [3.8, 4) is 11.5 Å². The van der Waals surface area contributed by atoms with Gasteiger partial charge in [-0.1, -0.05) is 67.1 Å². The maximum atomic E-state index is 13.6. The van der Waals surface area contributed by atoms with Crippen molar-refractivity contribution in [2.24, 2.45) is 0 Å². The highest BCUT2D eigenvalue weighted by atomic mass is 32.2. The van der Waals surface area contributed by atoms with Gasteiger partial charge in [-0.2, -0.15) is 8.42 Å². The smallest absolute Gasteiger partial charge is 0.313 e. The second-order valence-corrected chi connectivity index (χ2v) is 10.5. The molecule has 1 aliphatic carbocycles. The minimum absolute atomic E-state index is 0.106. The molecule has 176 valence electrons. The van der Waals surface area contributed by atoms with E-state index >= 15 is 0 Å². The first-order chi connectivity index (χ1) is 16.4. The van der Waals surface area contributed by atoms with Crippen LogP contribution in [0.4, 0.5) is 0 Å². The third kappa shape index (κ3) is 4.66. The van der Waals surface area contributed by atoms with E-state index in [1.165, 1.54) is 12.1 Å². The van der Waals surface area contributed by atoms with Crippen LogP contribution in [0.3, 0.4) is 0 Å². The minimum atomic E-state index is -3.86. The molecule has 1 heterocycles. The number of fused-ring (bicyclic) bond motifs is 1. The largest absolute Gasteiger partial charge is 0.467 e. The topological polar surface area (TPSA) is 72.9 Å². The van der Waals surface area contributed by atoms with Crippen LogP contribution in [0.2, 0.25) is 0 Å². The van der Waals surface area contributed by atoms with Gasteiger partial charge in [-0.05, 0) is 36.1 Å². The number of carbonyl (C=O) groups excluding carboxylic acids is 1. The van der Waals surface area contributed by atoms with Crippen LogP contribution < -0.4 is 8.92 Å². The highest BCUT2D eigenvalue weighted by molar-refractivity contribution is 7.86. The van der Waals surface area contributed by atoms with Gasteiger partial charge >= 0.3 is 10.1 Å². The SMILES string of the molecule is O=C1c2ccc(OS(=O)(=O)Cc3ccccc3)cc2OC2(CCCCC2)N1Cc1ccccc1. The van der Waals surface area contributed by atoms with E-state index in [1.807, 2.05) is 41.3 Å². The van der Waals surface area contributed by atoms with Gasteiger partial charge in [0.15, 0.2) is 5.72 Å². The molecule has 0 radical (unpaired) electrons. The minimum Gasteiger partial charge on any atom is -0.467 e. The predicted molar refractivity (Wildman–Crippen MR) is 129 cm³/mol. The molecule has 1 fully saturated rings. The molecule has 0 atom stereocenters. The number of hydrogen-bond acceptors (Lipinski definition) is 5. The predicted octanol–water partition coefficient (Wildman–Crippen LogP) is 5.29. The Hall–Kier alpha value is -3.32. The maximum absolute atomic E-state index is 13.6. The zero-order valence-electron chi connectivity index (χ0n) is 18.9. The Balaban J connectivity index is 1.43. The van der Waals surface area contributed by atoms with Gasteiger partial charge in [0, 0.05) is 25.5 Å². The van der Waals surface area contributed by atoms with Crippen LogP contribution in [0.1, 0.15) is 53.6 Å². The second kappa shape index (κ2) is 9.14. The summed E-state index contributed by atoms with van der Waals surface area (Å²) in [5.41, 5.74) is 1.36. The van der Waals surface area contributed by atoms with Gasteiger partial charge in [0.05, 0.1) is 5.56 Å². The van der Waals surface area contributed by atoms with Crippen LogP contribution in [0.15, 0.2) is 78.9 Å². The lowest BCUT2D eigenvalue weighted by atomic mass is 9.87. The molecular weight excluding hydrogens is 450 g/mol. The van der Waals surface area contributed by atoms with Crippen LogP contribution >= 0.6 is 0 Å². The van der Waals surface area contributed by atoms with Gasteiger partial charge in [-0.25, -0.2) is 0 Å². The van der Waals surface area contributed by atoms with E-state index in [2.05, 4.69) is 0 Å². The Morgan fingerprint density at radius 2 is 1.50 bits per heavy atom. The molecule has 5 rings (SSSR count). The normalized spacial score (nSPS) is 17.2. The lowest BCUT2D eigenvalue weighted by Crippen LogP contribution is -2.59. The number of rotatable bonds is 6. The molecule has 0 bridgehead atoms. The standard InChI is InChI=1S/C27H27NO5S/c29-26-24-15-14-23(33-34(30,31)20-22-12-6-2-7-13-22)18-25(24)32-27(16-8-3-9-17-27)28(26)19-21-10-4-1-5-11-21/h1-2,4-7,10-15,18H,3,8-9,16-17,19-20H2. The highest BCUT2D eigenvalue weighted by Crippen LogP contribution is 2.44. The fraction of sp³-hybridized carbons (Fsp3) is 0.296. The van der Waals surface area contributed by atoms with Crippen molar-refractivity contribution < 1.29 is 22.1 Å². The zero-order chi connectivity index (χ0) is 23.6. The van der Waals surface area contributed by atoms with Crippen LogP contribution in [0, 0.1) is 0 Å². The third-order valence-corrected chi connectivity index (χ3v) is 7.58. The summed E-state index contributed by atoms with van der Waals surface area (Å²) in [5, 5.41) is 0. The van der Waals surface area contributed by atoms with E-state index in [0.29, 0.717) is 23.4 Å². The fourth-order valence-electron chi connectivity index (χ4n) is 4.82. The number of ether oxygens (including phenoxy) is 1.